The minimum absolute atomic E-state index is 0.00327. The summed E-state index contributed by atoms with van der Waals surface area (Å²) in [6.45, 7) is 4.68. The molecule has 422 valence electrons. The standard InChI is InChI=1S/C57H106N2O13/c1-3-5-26-36-49(61)52(72-55(65)44-42-48(59)57(68)69)39-31-23-17-11-12-18-24-32-40-53(63)70-45-33-25-19-13-7-8-14-20-28-34-46(60)35-29-21-15-9-10-16-22-30-37-50(62)51(38-27-6-4-2)71-54(64)43-41-47(58)56(66)67/h47-52,61-62H,3-45,58-59H2,1-2H3,(H,66,67)(H,68,69)/t47-,48+,49?,50?,51?,52?/m1/s1. The average molecular weight is 1030 g/mol. The smallest absolute Gasteiger partial charge is 0.320 e. The van der Waals surface area contributed by atoms with E-state index in [0.29, 0.717) is 57.3 Å². The molecule has 0 aliphatic carbocycles. The number of rotatable bonds is 54. The second-order valence-electron chi connectivity index (χ2n) is 20.6. The molecule has 0 saturated carbocycles. The first-order chi connectivity index (χ1) is 34.7. The zero-order chi connectivity index (χ0) is 53.5. The fourth-order valence-corrected chi connectivity index (χ4v) is 8.94. The van der Waals surface area contributed by atoms with Crippen LogP contribution in [0.3, 0.4) is 0 Å². The lowest BCUT2D eigenvalue weighted by Gasteiger charge is -2.23. The summed E-state index contributed by atoms with van der Waals surface area (Å²) >= 11 is 0. The molecule has 15 nitrogen and oxygen atoms in total. The van der Waals surface area contributed by atoms with Gasteiger partial charge in [0.2, 0.25) is 0 Å². The zero-order valence-electron chi connectivity index (χ0n) is 45.5. The number of aliphatic hydroxyl groups is 2. The van der Waals surface area contributed by atoms with Crippen molar-refractivity contribution in [2.75, 3.05) is 6.61 Å². The zero-order valence-corrected chi connectivity index (χ0v) is 45.5. The maximum atomic E-state index is 12.4. The molecule has 15 heteroatoms. The van der Waals surface area contributed by atoms with E-state index in [1.165, 1.54) is 25.7 Å². The van der Waals surface area contributed by atoms with Crippen molar-refractivity contribution in [3.05, 3.63) is 0 Å². The van der Waals surface area contributed by atoms with E-state index in [1.54, 1.807) is 0 Å². The number of nitrogens with two attached hydrogens (primary N) is 2. The molecule has 0 aromatic rings. The van der Waals surface area contributed by atoms with E-state index in [4.69, 9.17) is 35.9 Å². The molecule has 0 spiro atoms. The summed E-state index contributed by atoms with van der Waals surface area (Å²) in [5.74, 6) is -3.04. The van der Waals surface area contributed by atoms with Crippen molar-refractivity contribution in [2.45, 2.75) is 320 Å². The molecule has 0 heterocycles. The van der Waals surface area contributed by atoms with Gasteiger partial charge in [-0.1, -0.05) is 174 Å². The van der Waals surface area contributed by atoms with Crippen molar-refractivity contribution in [1.82, 2.24) is 0 Å². The number of hydrogen-bond acceptors (Lipinski definition) is 13. The van der Waals surface area contributed by atoms with Crippen LogP contribution in [0.25, 0.3) is 0 Å². The van der Waals surface area contributed by atoms with Gasteiger partial charge in [-0.15, -0.1) is 0 Å². The Kier molecular flexibility index (Phi) is 46.7. The van der Waals surface area contributed by atoms with E-state index in [0.717, 1.165) is 173 Å². The van der Waals surface area contributed by atoms with E-state index >= 15 is 0 Å². The van der Waals surface area contributed by atoms with E-state index in [9.17, 15) is 39.0 Å². The Morgan fingerprint density at radius 1 is 0.361 bits per heavy atom. The van der Waals surface area contributed by atoms with Gasteiger partial charge in [0.25, 0.3) is 0 Å². The lowest BCUT2D eigenvalue weighted by atomic mass is 9.99. The predicted molar refractivity (Wildman–Crippen MR) is 284 cm³/mol. The number of aliphatic hydroxyl groups excluding tert-OH is 2. The number of ketones is 1. The molecule has 0 rings (SSSR count). The van der Waals surface area contributed by atoms with Crippen LogP contribution >= 0.6 is 0 Å². The summed E-state index contributed by atoms with van der Waals surface area (Å²) in [7, 11) is 0. The Labute approximate surface area is 435 Å². The van der Waals surface area contributed by atoms with Crippen molar-refractivity contribution in [2.24, 2.45) is 11.5 Å². The van der Waals surface area contributed by atoms with Gasteiger partial charge in [0.05, 0.1) is 18.8 Å². The Hall–Kier alpha value is -3.14. The quantitative estimate of drug-likeness (QED) is 0.0188. The molecule has 4 unspecified atom stereocenters. The average Bonchev–Trinajstić information content (AvgIpc) is 3.35. The number of Topliss-reactive ketones (excluding diaryl/α,β-unsaturated/α-hetero) is 1. The van der Waals surface area contributed by atoms with Crippen LogP contribution in [0.5, 0.6) is 0 Å². The highest BCUT2D eigenvalue weighted by Gasteiger charge is 2.25. The molecule has 0 amide bonds. The first-order valence-electron chi connectivity index (χ1n) is 29.1. The first kappa shape index (κ1) is 68.9. The second-order valence-corrected chi connectivity index (χ2v) is 20.6. The molecular weight excluding hydrogens is 921 g/mol. The number of hydrogen-bond donors (Lipinski definition) is 6. The number of carboxylic acid groups (broad SMARTS) is 2. The summed E-state index contributed by atoms with van der Waals surface area (Å²) in [5.41, 5.74) is 11.0. The number of esters is 3. The van der Waals surface area contributed by atoms with Crippen molar-refractivity contribution >= 4 is 35.6 Å². The molecule has 0 aliphatic heterocycles. The van der Waals surface area contributed by atoms with Crippen LogP contribution in [0.2, 0.25) is 0 Å². The van der Waals surface area contributed by atoms with Crippen LogP contribution in [0.1, 0.15) is 284 Å². The lowest BCUT2D eigenvalue weighted by Crippen LogP contribution is -2.33. The monoisotopic (exact) mass is 1030 g/mol. The SMILES string of the molecule is CCCCCC(O)C(CCCCCCCCCCC(=O)OCCCCCCCCCCCC(=O)CCCCCCCCCCC(O)C(CCCCC)OC(=O)CC[C@@H](N)C(=O)O)OC(=O)CC[C@H](N)C(=O)O. The van der Waals surface area contributed by atoms with Crippen molar-refractivity contribution < 1.29 is 63.4 Å². The molecule has 6 atom stereocenters. The van der Waals surface area contributed by atoms with Gasteiger partial charge in [-0.2, -0.15) is 0 Å². The molecule has 0 bridgehead atoms. The third-order valence-corrected chi connectivity index (χ3v) is 13.8. The fourth-order valence-electron chi connectivity index (χ4n) is 8.94. The maximum absolute atomic E-state index is 12.4. The minimum Gasteiger partial charge on any atom is -0.480 e. The van der Waals surface area contributed by atoms with Crippen LogP contribution in [-0.4, -0.2) is 99.2 Å². The summed E-state index contributed by atoms with van der Waals surface area (Å²) in [5, 5.41) is 39.3. The Morgan fingerprint density at radius 3 is 1.04 bits per heavy atom. The Balaban J connectivity index is 3.75. The third-order valence-electron chi connectivity index (χ3n) is 13.8. The number of carbonyl (C=O) groups excluding carboxylic acids is 4. The van der Waals surface area contributed by atoms with Gasteiger partial charge in [0.1, 0.15) is 30.1 Å². The molecule has 0 radical (unpaired) electrons. The van der Waals surface area contributed by atoms with Gasteiger partial charge >= 0.3 is 29.8 Å². The van der Waals surface area contributed by atoms with Crippen LogP contribution in [0.4, 0.5) is 0 Å². The van der Waals surface area contributed by atoms with Gasteiger partial charge < -0.3 is 46.1 Å². The first-order valence-corrected chi connectivity index (χ1v) is 29.1. The highest BCUT2D eigenvalue weighted by molar-refractivity contribution is 5.78. The molecule has 72 heavy (non-hydrogen) atoms. The molecule has 0 aromatic carbocycles. The summed E-state index contributed by atoms with van der Waals surface area (Å²) in [6, 6.07) is -2.21. The van der Waals surface area contributed by atoms with E-state index in [-0.39, 0.29) is 31.7 Å². The second kappa shape index (κ2) is 48.8. The lowest BCUT2D eigenvalue weighted by molar-refractivity contribution is -0.157. The number of carbonyl (C=O) groups is 6. The highest BCUT2D eigenvalue weighted by atomic mass is 16.6. The van der Waals surface area contributed by atoms with Gasteiger partial charge in [-0.25, -0.2) is 0 Å². The molecule has 0 aromatic heterocycles. The van der Waals surface area contributed by atoms with E-state index in [2.05, 4.69) is 13.8 Å². The molecule has 0 aliphatic rings. The number of ether oxygens (including phenoxy) is 3. The Bertz CT molecular complexity index is 1370. The van der Waals surface area contributed by atoms with Crippen molar-refractivity contribution in [3.63, 3.8) is 0 Å². The van der Waals surface area contributed by atoms with Crippen LogP contribution in [0, 0.1) is 0 Å². The largest absolute Gasteiger partial charge is 0.480 e. The van der Waals surface area contributed by atoms with Gasteiger partial charge in [0, 0.05) is 32.1 Å². The van der Waals surface area contributed by atoms with Crippen LogP contribution in [0.15, 0.2) is 0 Å². The minimum atomic E-state index is -1.15. The number of unbranched alkanes of at least 4 members (excludes halogenated alkanes) is 26. The van der Waals surface area contributed by atoms with Gasteiger partial charge in [-0.3, -0.25) is 28.8 Å². The highest BCUT2D eigenvalue weighted by Crippen LogP contribution is 2.21. The molecule has 0 fully saturated rings. The Morgan fingerprint density at radius 2 is 0.667 bits per heavy atom. The summed E-state index contributed by atoms with van der Waals surface area (Å²) in [6.07, 6.45) is 33.6. The van der Waals surface area contributed by atoms with Crippen LogP contribution < -0.4 is 11.5 Å². The predicted octanol–water partition coefficient (Wildman–Crippen LogP) is 11.9. The van der Waals surface area contributed by atoms with Crippen molar-refractivity contribution in [1.29, 1.82) is 0 Å². The van der Waals surface area contributed by atoms with Gasteiger partial charge in [0.15, 0.2) is 0 Å². The summed E-state index contributed by atoms with van der Waals surface area (Å²) < 4.78 is 16.6. The fraction of sp³-hybridized carbons (Fsp3) is 0.895. The van der Waals surface area contributed by atoms with Crippen LogP contribution in [-0.2, 0) is 43.0 Å². The molecular formula is C57H106N2O13. The number of carboxylic acids is 2. The molecule has 8 N–H and O–H groups in total. The number of aliphatic carboxylic acids is 2. The summed E-state index contributed by atoms with van der Waals surface area (Å²) in [4.78, 5) is 71.1. The van der Waals surface area contributed by atoms with Gasteiger partial charge in [-0.05, 0) is 77.0 Å². The third kappa shape index (κ3) is 43.3. The van der Waals surface area contributed by atoms with Crippen molar-refractivity contribution in [3.8, 4) is 0 Å². The maximum Gasteiger partial charge on any atom is 0.320 e. The topological polar surface area (TPSA) is 263 Å². The normalized spacial score (nSPS) is 14.0. The van der Waals surface area contributed by atoms with E-state index in [1.807, 2.05) is 0 Å². The molecule has 0 saturated heterocycles. The van der Waals surface area contributed by atoms with E-state index < -0.39 is 60.4 Å².